The smallest absolute Gasteiger partial charge is 0.224 e. The number of nitrogens with two attached hydrogens (primary N) is 1. The van der Waals surface area contributed by atoms with E-state index >= 15 is 0 Å². The van der Waals surface area contributed by atoms with Crippen molar-refractivity contribution in [3.8, 4) is 0 Å². The van der Waals surface area contributed by atoms with Crippen molar-refractivity contribution in [2.24, 2.45) is 5.73 Å². The molecule has 0 saturated heterocycles. The molecule has 0 saturated carbocycles. The molecule has 21 heavy (non-hydrogen) atoms. The number of carbonyl (C=O) groups excluding carboxylic acids is 1. The number of hydrogen-bond donors (Lipinski definition) is 2. The minimum atomic E-state index is 0.0371. The highest BCUT2D eigenvalue weighted by molar-refractivity contribution is 5.78. The molecule has 0 fully saturated rings. The summed E-state index contributed by atoms with van der Waals surface area (Å²) in [6.07, 6.45) is 1.43. The number of hydrogen-bond acceptors (Lipinski definition) is 2. The monoisotopic (exact) mass is 282 g/mol. The minimum absolute atomic E-state index is 0.0371. The van der Waals surface area contributed by atoms with Crippen LogP contribution in [0.5, 0.6) is 0 Å². The topological polar surface area (TPSA) is 55.1 Å². The summed E-state index contributed by atoms with van der Waals surface area (Å²) in [6.45, 7) is 3.23. The van der Waals surface area contributed by atoms with Gasteiger partial charge < -0.3 is 11.1 Å². The van der Waals surface area contributed by atoms with Crippen LogP contribution in [0.15, 0.2) is 48.5 Å². The van der Waals surface area contributed by atoms with Crippen LogP contribution in [0.3, 0.4) is 0 Å². The largest absolute Gasteiger partial charge is 0.352 e. The Morgan fingerprint density at radius 1 is 0.905 bits per heavy atom. The van der Waals surface area contributed by atoms with E-state index < -0.39 is 0 Å². The number of benzene rings is 2. The molecule has 1 amide bonds. The highest BCUT2D eigenvalue weighted by Gasteiger charge is 2.03. The van der Waals surface area contributed by atoms with Crippen LogP contribution < -0.4 is 11.1 Å². The lowest BCUT2D eigenvalue weighted by Crippen LogP contribution is -2.24. The van der Waals surface area contributed by atoms with E-state index in [1.807, 2.05) is 24.3 Å². The number of aryl methyl sites for hydroxylation is 1. The molecular formula is C18H22N2O. The molecule has 3 N–H and O–H groups in total. The van der Waals surface area contributed by atoms with Crippen LogP contribution in [-0.2, 0) is 30.7 Å². The summed E-state index contributed by atoms with van der Waals surface area (Å²) in [5, 5.41) is 2.95. The lowest BCUT2D eigenvalue weighted by Gasteiger charge is -2.07. The van der Waals surface area contributed by atoms with Crippen molar-refractivity contribution >= 4 is 5.91 Å². The molecule has 0 radical (unpaired) electrons. The second-order valence-electron chi connectivity index (χ2n) is 5.14. The molecule has 3 nitrogen and oxygen atoms in total. The third-order valence-electron chi connectivity index (χ3n) is 3.54. The Bertz CT molecular complexity index is 573. The van der Waals surface area contributed by atoms with Crippen LogP contribution in [-0.4, -0.2) is 5.91 Å². The maximum atomic E-state index is 11.9. The minimum Gasteiger partial charge on any atom is -0.352 e. The molecule has 2 rings (SSSR count). The lowest BCUT2D eigenvalue weighted by molar-refractivity contribution is -0.120. The summed E-state index contributed by atoms with van der Waals surface area (Å²) in [5.41, 5.74) is 10.1. The zero-order valence-corrected chi connectivity index (χ0v) is 12.4. The van der Waals surface area contributed by atoms with Gasteiger partial charge in [0.05, 0.1) is 6.42 Å². The van der Waals surface area contributed by atoms with Crippen molar-refractivity contribution < 1.29 is 4.79 Å². The van der Waals surface area contributed by atoms with E-state index in [0.29, 0.717) is 19.5 Å². The molecule has 0 aliphatic rings. The van der Waals surface area contributed by atoms with Gasteiger partial charge in [0, 0.05) is 13.1 Å². The standard InChI is InChI=1S/C18H22N2O/c1-2-14-3-9-17(10-4-14)13-20-18(21)11-15-5-7-16(12-19)8-6-15/h3-10H,2,11-13,19H2,1H3,(H,20,21). The molecule has 0 atom stereocenters. The van der Waals surface area contributed by atoms with Crippen molar-refractivity contribution in [3.05, 3.63) is 70.8 Å². The van der Waals surface area contributed by atoms with Crippen molar-refractivity contribution in [2.45, 2.75) is 32.9 Å². The fourth-order valence-corrected chi connectivity index (χ4v) is 2.13. The van der Waals surface area contributed by atoms with Crippen LogP contribution in [0, 0.1) is 0 Å². The Labute approximate surface area is 126 Å². The summed E-state index contributed by atoms with van der Waals surface area (Å²) in [7, 11) is 0. The molecule has 2 aromatic rings. The second kappa shape index (κ2) is 7.60. The molecule has 0 aliphatic carbocycles. The van der Waals surface area contributed by atoms with E-state index in [4.69, 9.17) is 5.73 Å². The summed E-state index contributed by atoms with van der Waals surface area (Å²) in [6, 6.07) is 16.2. The molecule has 3 heteroatoms. The van der Waals surface area contributed by atoms with E-state index in [1.165, 1.54) is 5.56 Å². The van der Waals surface area contributed by atoms with E-state index in [2.05, 4.69) is 36.5 Å². The summed E-state index contributed by atoms with van der Waals surface area (Å²) in [4.78, 5) is 11.9. The highest BCUT2D eigenvalue weighted by Crippen LogP contribution is 2.06. The molecule has 0 aliphatic heterocycles. The van der Waals surface area contributed by atoms with Gasteiger partial charge in [-0.25, -0.2) is 0 Å². The van der Waals surface area contributed by atoms with Crippen molar-refractivity contribution in [2.75, 3.05) is 0 Å². The Kier molecular flexibility index (Phi) is 5.52. The lowest BCUT2D eigenvalue weighted by atomic mass is 10.1. The van der Waals surface area contributed by atoms with Gasteiger partial charge in [-0.05, 0) is 28.7 Å². The van der Waals surface area contributed by atoms with Gasteiger partial charge in [0.15, 0.2) is 0 Å². The first-order chi connectivity index (χ1) is 10.2. The Balaban J connectivity index is 1.83. The van der Waals surface area contributed by atoms with Gasteiger partial charge in [0.25, 0.3) is 0 Å². The van der Waals surface area contributed by atoms with Gasteiger partial charge in [-0.2, -0.15) is 0 Å². The van der Waals surface area contributed by atoms with Gasteiger partial charge in [-0.15, -0.1) is 0 Å². The van der Waals surface area contributed by atoms with Gasteiger partial charge in [0.1, 0.15) is 0 Å². The van der Waals surface area contributed by atoms with Crippen LogP contribution in [0.2, 0.25) is 0 Å². The normalized spacial score (nSPS) is 10.4. The first-order valence-corrected chi connectivity index (χ1v) is 7.33. The molecule has 0 heterocycles. The summed E-state index contributed by atoms with van der Waals surface area (Å²) < 4.78 is 0. The zero-order valence-electron chi connectivity index (χ0n) is 12.4. The SMILES string of the molecule is CCc1ccc(CNC(=O)Cc2ccc(CN)cc2)cc1. The van der Waals surface area contributed by atoms with E-state index in [0.717, 1.165) is 23.1 Å². The maximum absolute atomic E-state index is 11.9. The molecule has 0 aromatic heterocycles. The number of amides is 1. The number of rotatable bonds is 6. The molecular weight excluding hydrogens is 260 g/mol. The predicted molar refractivity (Wildman–Crippen MR) is 85.7 cm³/mol. The quantitative estimate of drug-likeness (QED) is 0.855. The Morgan fingerprint density at radius 2 is 1.43 bits per heavy atom. The fraction of sp³-hybridized carbons (Fsp3) is 0.278. The van der Waals surface area contributed by atoms with Crippen LogP contribution in [0.1, 0.15) is 29.2 Å². The molecule has 0 spiro atoms. The Hall–Kier alpha value is -2.13. The van der Waals surface area contributed by atoms with Gasteiger partial charge in [-0.1, -0.05) is 55.5 Å². The van der Waals surface area contributed by atoms with Crippen molar-refractivity contribution in [1.29, 1.82) is 0 Å². The van der Waals surface area contributed by atoms with Gasteiger partial charge >= 0.3 is 0 Å². The molecule has 2 aromatic carbocycles. The third kappa shape index (κ3) is 4.72. The van der Waals surface area contributed by atoms with E-state index in [-0.39, 0.29) is 5.91 Å². The highest BCUT2D eigenvalue weighted by atomic mass is 16.1. The first kappa shape index (κ1) is 15.3. The molecule has 0 bridgehead atoms. The van der Waals surface area contributed by atoms with Crippen molar-refractivity contribution in [3.63, 3.8) is 0 Å². The van der Waals surface area contributed by atoms with Crippen LogP contribution in [0.4, 0.5) is 0 Å². The average molecular weight is 282 g/mol. The number of nitrogens with one attached hydrogen (secondary N) is 1. The molecule has 0 unspecified atom stereocenters. The van der Waals surface area contributed by atoms with Crippen LogP contribution >= 0.6 is 0 Å². The maximum Gasteiger partial charge on any atom is 0.224 e. The van der Waals surface area contributed by atoms with Crippen LogP contribution in [0.25, 0.3) is 0 Å². The van der Waals surface area contributed by atoms with E-state index in [9.17, 15) is 4.79 Å². The third-order valence-corrected chi connectivity index (χ3v) is 3.54. The summed E-state index contributed by atoms with van der Waals surface area (Å²) >= 11 is 0. The zero-order chi connectivity index (χ0) is 15.1. The predicted octanol–water partition coefficient (Wildman–Crippen LogP) is 2.57. The Morgan fingerprint density at radius 3 is 2.00 bits per heavy atom. The van der Waals surface area contributed by atoms with E-state index in [1.54, 1.807) is 0 Å². The van der Waals surface area contributed by atoms with Crippen molar-refractivity contribution in [1.82, 2.24) is 5.32 Å². The van der Waals surface area contributed by atoms with Gasteiger partial charge in [-0.3, -0.25) is 4.79 Å². The average Bonchev–Trinajstić information content (AvgIpc) is 2.54. The fourth-order valence-electron chi connectivity index (χ4n) is 2.13. The summed E-state index contributed by atoms with van der Waals surface area (Å²) in [5.74, 6) is 0.0371. The van der Waals surface area contributed by atoms with Gasteiger partial charge in [0.2, 0.25) is 5.91 Å². The molecule has 110 valence electrons. The number of carbonyl (C=O) groups is 1. The first-order valence-electron chi connectivity index (χ1n) is 7.33. The second-order valence-corrected chi connectivity index (χ2v) is 5.14.